The van der Waals surface area contributed by atoms with Crippen molar-refractivity contribution in [2.24, 2.45) is 11.7 Å². The lowest BCUT2D eigenvalue weighted by Gasteiger charge is -2.18. The van der Waals surface area contributed by atoms with Crippen molar-refractivity contribution >= 4 is 27.6 Å². The largest absolute Gasteiger partial charge is 0.369 e. The summed E-state index contributed by atoms with van der Waals surface area (Å²) in [4.78, 5) is 23.0. The van der Waals surface area contributed by atoms with Gasteiger partial charge in [-0.25, -0.2) is 0 Å². The predicted octanol–water partition coefficient (Wildman–Crippen LogP) is 2.22. The van der Waals surface area contributed by atoms with Gasteiger partial charge in [-0.1, -0.05) is 41.9 Å². The molecular weight excluding hydrogens is 320 g/mol. The first-order valence-electron chi connectivity index (χ1n) is 6.70. The van der Waals surface area contributed by atoms with Crippen LogP contribution < -0.4 is 11.1 Å². The Morgan fingerprint density at radius 3 is 2.35 bits per heavy atom. The summed E-state index contributed by atoms with van der Waals surface area (Å²) in [6.45, 7) is 4.54. The molecule has 0 bridgehead atoms. The van der Waals surface area contributed by atoms with E-state index in [-0.39, 0.29) is 30.1 Å². The Hall–Kier alpha value is -1.20. The van der Waals surface area contributed by atoms with Gasteiger partial charge < -0.3 is 11.1 Å². The first kappa shape index (κ1) is 16.9. The highest BCUT2D eigenvalue weighted by Crippen LogP contribution is 2.25. The molecule has 1 atom stereocenters. The summed E-state index contributed by atoms with van der Waals surface area (Å²) >= 11 is 3.39. The smallest absolute Gasteiger partial charge is 0.231 e. The number of rotatable bonds is 8. The van der Waals surface area contributed by atoms with E-state index in [2.05, 4.69) is 21.2 Å². The van der Waals surface area contributed by atoms with Crippen molar-refractivity contribution in [3.05, 3.63) is 34.3 Å². The molecule has 0 spiro atoms. The highest BCUT2D eigenvalue weighted by Gasteiger charge is 2.22. The Morgan fingerprint density at radius 1 is 1.25 bits per heavy atom. The maximum Gasteiger partial charge on any atom is 0.231 e. The van der Waals surface area contributed by atoms with Crippen LogP contribution in [0.5, 0.6) is 0 Å². The molecule has 0 aromatic heterocycles. The van der Waals surface area contributed by atoms with E-state index in [1.807, 2.05) is 38.1 Å². The van der Waals surface area contributed by atoms with E-state index in [1.54, 1.807) is 0 Å². The van der Waals surface area contributed by atoms with Crippen LogP contribution in [0.25, 0.3) is 0 Å². The SMILES string of the molecule is CC(C)C(=O)[C@H](CCNCC(N)=O)c1ccc(Br)cc1. The van der Waals surface area contributed by atoms with E-state index < -0.39 is 0 Å². The number of ketones is 1. The molecule has 0 fully saturated rings. The topological polar surface area (TPSA) is 72.2 Å². The Balaban J connectivity index is 2.73. The minimum atomic E-state index is -0.389. The van der Waals surface area contributed by atoms with Crippen LogP contribution in [0, 0.1) is 5.92 Å². The summed E-state index contributed by atoms with van der Waals surface area (Å²) in [5.74, 6) is -0.336. The number of halogens is 1. The van der Waals surface area contributed by atoms with Gasteiger partial charge in [0.25, 0.3) is 0 Å². The van der Waals surface area contributed by atoms with Crippen LogP contribution in [0.4, 0.5) is 0 Å². The Bertz CT molecular complexity index is 457. The van der Waals surface area contributed by atoms with Gasteiger partial charge in [-0.15, -0.1) is 0 Å². The van der Waals surface area contributed by atoms with Gasteiger partial charge in [0.2, 0.25) is 5.91 Å². The first-order valence-corrected chi connectivity index (χ1v) is 7.49. The molecule has 0 saturated heterocycles. The van der Waals surface area contributed by atoms with Crippen molar-refractivity contribution in [1.29, 1.82) is 0 Å². The van der Waals surface area contributed by atoms with Crippen LogP contribution in [0.3, 0.4) is 0 Å². The molecule has 1 aromatic carbocycles. The first-order chi connectivity index (χ1) is 9.41. The molecule has 0 radical (unpaired) electrons. The lowest BCUT2D eigenvalue weighted by atomic mass is 9.86. The number of amides is 1. The molecule has 0 saturated carbocycles. The van der Waals surface area contributed by atoms with Crippen LogP contribution >= 0.6 is 15.9 Å². The van der Waals surface area contributed by atoms with Gasteiger partial charge in [-0.3, -0.25) is 9.59 Å². The standard InChI is InChI=1S/C15H21BrN2O2/c1-10(2)15(20)13(7-8-18-9-14(17)19)11-3-5-12(16)6-4-11/h3-6,10,13,18H,7-9H2,1-2H3,(H2,17,19)/t13-/m1/s1. The summed E-state index contributed by atoms with van der Waals surface area (Å²) in [6.07, 6.45) is 0.659. The van der Waals surface area contributed by atoms with Crippen LogP contribution in [-0.2, 0) is 9.59 Å². The average Bonchev–Trinajstić information content (AvgIpc) is 2.39. The highest BCUT2D eigenvalue weighted by atomic mass is 79.9. The van der Waals surface area contributed by atoms with Gasteiger partial charge in [0.05, 0.1) is 6.54 Å². The molecule has 20 heavy (non-hydrogen) atoms. The second-order valence-electron chi connectivity index (χ2n) is 5.09. The number of hydrogen-bond acceptors (Lipinski definition) is 3. The maximum atomic E-state index is 12.3. The number of primary amides is 1. The molecule has 0 aliphatic heterocycles. The van der Waals surface area contributed by atoms with Crippen LogP contribution in [-0.4, -0.2) is 24.8 Å². The molecule has 5 heteroatoms. The summed E-state index contributed by atoms with van der Waals surface area (Å²) in [6, 6.07) is 7.80. The molecule has 110 valence electrons. The number of carbonyl (C=O) groups is 2. The number of nitrogens with two attached hydrogens (primary N) is 1. The third-order valence-electron chi connectivity index (χ3n) is 3.09. The number of nitrogens with one attached hydrogen (secondary N) is 1. The lowest BCUT2D eigenvalue weighted by molar-refractivity contribution is -0.123. The van der Waals surface area contributed by atoms with Gasteiger partial charge in [0.15, 0.2) is 0 Å². The maximum absolute atomic E-state index is 12.3. The van der Waals surface area contributed by atoms with Crippen molar-refractivity contribution in [2.75, 3.05) is 13.1 Å². The summed E-state index contributed by atoms with van der Waals surface area (Å²) in [7, 11) is 0. The Kier molecular flexibility index (Phi) is 6.88. The molecule has 1 aromatic rings. The fourth-order valence-corrected chi connectivity index (χ4v) is 2.29. The predicted molar refractivity (Wildman–Crippen MR) is 83.4 cm³/mol. The number of benzene rings is 1. The minimum absolute atomic E-state index is 0.0141. The highest BCUT2D eigenvalue weighted by molar-refractivity contribution is 9.10. The van der Waals surface area contributed by atoms with E-state index in [9.17, 15) is 9.59 Å². The van der Waals surface area contributed by atoms with Gasteiger partial charge in [-0.2, -0.15) is 0 Å². The van der Waals surface area contributed by atoms with Crippen molar-refractivity contribution in [1.82, 2.24) is 5.32 Å². The molecular formula is C15H21BrN2O2. The quantitative estimate of drug-likeness (QED) is 0.712. The van der Waals surface area contributed by atoms with Crippen LogP contribution in [0.1, 0.15) is 31.7 Å². The molecule has 3 N–H and O–H groups in total. The summed E-state index contributed by atoms with van der Waals surface area (Å²) < 4.78 is 0.990. The zero-order valence-corrected chi connectivity index (χ0v) is 13.4. The van der Waals surface area contributed by atoms with Crippen LogP contribution in [0.15, 0.2) is 28.7 Å². The summed E-state index contributed by atoms with van der Waals surface area (Å²) in [5, 5.41) is 2.95. The van der Waals surface area contributed by atoms with Gasteiger partial charge in [0.1, 0.15) is 5.78 Å². The number of Topliss-reactive ketones (excluding diaryl/α,β-unsaturated/α-hetero) is 1. The van der Waals surface area contributed by atoms with Crippen molar-refractivity contribution < 1.29 is 9.59 Å². The fourth-order valence-electron chi connectivity index (χ4n) is 2.03. The number of carbonyl (C=O) groups excluding carboxylic acids is 2. The molecule has 0 aliphatic rings. The second kappa shape index (κ2) is 8.17. The Labute approximate surface area is 128 Å². The second-order valence-corrected chi connectivity index (χ2v) is 6.01. The van der Waals surface area contributed by atoms with Crippen molar-refractivity contribution in [3.8, 4) is 0 Å². The van der Waals surface area contributed by atoms with Gasteiger partial charge >= 0.3 is 0 Å². The molecule has 0 aliphatic carbocycles. The zero-order chi connectivity index (χ0) is 15.1. The number of hydrogen-bond donors (Lipinski definition) is 2. The molecule has 1 rings (SSSR count). The summed E-state index contributed by atoms with van der Waals surface area (Å²) in [5.41, 5.74) is 6.08. The molecule has 1 amide bonds. The third-order valence-corrected chi connectivity index (χ3v) is 3.62. The minimum Gasteiger partial charge on any atom is -0.369 e. The van der Waals surface area contributed by atoms with E-state index in [0.29, 0.717) is 13.0 Å². The van der Waals surface area contributed by atoms with Crippen molar-refractivity contribution in [2.45, 2.75) is 26.2 Å². The monoisotopic (exact) mass is 340 g/mol. The van der Waals surface area contributed by atoms with Crippen molar-refractivity contribution in [3.63, 3.8) is 0 Å². The average molecular weight is 341 g/mol. The molecule has 0 heterocycles. The lowest BCUT2D eigenvalue weighted by Crippen LogP contribution is -2.31. The molecule has 4 nitrogen and oxygen atoms in total. The third kappa shape index (κ3) is 5.43. The van der Waals surface area contributed by atoms with E-state index in [0.717, 1.165) is 10.0 Å². The normalized spacial score (nSPS) is 12.4. The van der Waals surface area contributed by atoms with Gasteiger partial charge in [-0.05, 0) is 30.7 Å². The van der Waals surface area contributed by atoms with E-state index >= 15 is 0 Å². The van der Waals surface area contributed by atoms with E-state index in [1.165, 1.54) is 0 Å². The van der Waals surface area contributed by atoms with Crippen LogP contribution in [0.2, 0.25) is 0 Å². The fraction of sp³-hybridized carbons (Fsp3) is 0.467. The molecule has 0 unspecified atom stereocenters. The zero-order valence-electron chi connectivity index (χ0n) is 11.9. The van der Waals surface area contributed by atoms with Gasteiger partial charge in [0, 0.05) is 16.3 Å². The van der Waals surface area contributed by atoms with E-state index in [4.69, 9.17) is 5.73 Å². The Morgan fingerprint density at radius 2 is 1.85 bits per heavy atom.